The molecule has 2 aliphatic heterocycles. The Morgan fingerprint density at radius 1 is 1.05 bits per heavy atom. The number of nitrogens with zero attached hydrogens (tertiary/aromatic N) is 6. The van der Waals surface area contributed by atoms with Gasteiger partial charge < -0.3 is 24.8 Å². The largest absolute Gasteiger partial charge is 0.487 e. The van der Waals surface area contributed by atoms with Crippen LogP contribution in [0.25, 0.3) is 0 Å². The predicted octanol–water partition coefficient (Wildman–Crippen LogP) is 3.45. The highest BCUT2D eigenvalue weighted by Gasteiger charge is 2.35. The summed E-state index contributed by atoms with van der Waals surface area (Å²) in [5.41, 5.74) is 6.26. The van der Waals surface area contributed by atoms with Crippen molar-refractivity contribution < 1.29 is 22.4 Å². The van der Waals surface area contributed by atoms with E-state index in [4.69, 9.17) is 15.0 Å². The molecule has 2 N–H and O–H groups in total. The molecule has 1 aromatic carbocycles. The fourth-order valence-electron chi connectivity index (χ4n) is 5.06. The van der Waals surface area contributed by atoms with Crippen molar-refractivity contribution in [1.29, 1.82) is 0 Å². The Morgan fingerprint density at radius 3 is 2.43 bits per heavy atom. The lowest BCUT2D eigenvalue weighted by molar-refractivity contribution is 0.131. The molecule has 0 amide bonds. The standard InChI is InChI=1S/C25H30F3N7O2/c1-3-23-32-25(37-33-23)34-6-4-15(5-7-34)14(2)36-16-10-30-24(31-11-16)35-12-18(22(29)13-35)17-8-20(27)21(28)9-19(17)26/h8-11,14-15,18,22H,3-7,12-13,29H2,1-2H3. The first-order chi connectivity index (χ1) is 17.8. The fraction of sp³-hybridized carbons (Fsp3) is 0.520. The Kier molecular flexibility index (Phi) is 7.18. The summed E-state index contributed by atoms with van der Waals surface area (Å²) in [6.45, 7) is 6.30. The van der Waals surface area contributed by atoms with Crippen molar-refractivity contribution in [2.24, 2.45) is 11.7 Å². The molecule has 0 spiro atoms. The maximum Gasteiger partial charge on any atom is 0.324 e. The minimum atomic E-state index is -1.22. The molecule has 2 aromatic heterocycles. The van der Waals surface area contributed by atoms with E-state index >= 15 is 0 Å². The van der Waals surface area contributed by atoms with E-state index in [9.17, 15) is 13.2 Å². The highest BCUT2D eigenvalue weighted by molar-refractivity contribution is 5.39. The Hall–Kier alpha value is -3.41. The van der Waals surface area contributed by atoms with E-state index in [1.807, 2.05) is 13.8 Å². The first-order valence-electron chi connectivity index (χ1n) is 12.5. The van der Waals surface area contributed by atoms with Crippen molar-refractivity contribution in [3.63, 3.8) is 0 Å². The number of piperidine rings is 1. The van der Waals surface area contributed by atoms with Crippen LogP contribution < -0.4 is 20.3 Å². The second kappa shape index (κ2) is 10.5. The molecule has 12 heteroatoms. The smallest absolute Gasteiger partial charge is 0.324 e. The zero-order valence-electron chi connectivity index (χ0n) is 20.8. The van der Waals surface area contributed by atoms with E-state index in [0.29, 0.717) is 42.1 Å². The molecule has 198 valence electrons. The first kappa shape index (κ1) is 25.2. The quantitative estimate of drug-likeness (QED) is 0.472. The van der Waals surface area contributed by atoms with E-state index in [1.54, 1.807) is 17.3 Å². The number of hydrogen-bond donors (Lipinski definition) is 1. The molecule has 0 aliphatic carbocycles. The maximum absolute atomic E-state index is 14.3. The van der Waals surface area contributed by atoms with Crippen molar-refractivity contribution in [1.82, 2.24) is 20.1 Å². The SMILES string of the molecule is CCc1noc(N2CCC(C(C)Oc3cnc(N4CC(N)C(c5cc(F)c(F)cc5F)C4)nc3)CC2)n1. The van der Waals surface area contributed by atoms with Gasteiger partial charge in [-0.1, -0.05) is 12.1 Å². The molecule has 0 saturated carbocycles. The molecule has 5 rings (SSSR count). The molecular weight excluding hydrogens is 487 g/mol. The lowest BCUT2D eigenvalue weighted by Crippen LogP contribution is -2.38. The number of benzene rings is 1. The van der Waals surface area contributed by atoms with Crippen LogP contribution in [0.5, 0.6) is 5.75 Å². The molecule has 3 aromatic rings. The van der Waals surface area contributed by atoms with Gasteiger partial charge in [-0.2, -0.15) is 4.98 Å². The molecule has 4 heterocycles. The van der Waals surface area contributed by atoms with Crippen LogP contribution >= 0.6 is 0 Å². The second-order valence-electron chi connectivity index (χ2n) is 9.68. The number of aromatic nitrogens is 4. The molecule has 2 saturated heterocycles. The van der Waals surface area contributed by atoms with E-state index in [0.717, 1.165) is 38.4 Å². The van der Waals surface area contributed by atoms with Gasteiger partial charge in [-0.25, -0.2) is 23.1 Å². The summed E-state index contributed by atoms with van der Waals surface area (Å²) in [5.74, 6) is -1.61. The summed E-state index contributed by atoms with van der Waals surface area (Å²) < 4.78 is 52.8. The summed E-state index contributed by atoms with van der Waals surface area (Å²) in [4.78, 5) is 17.1. The average molecular weight is 518 g/mol. The topological polar surface area (TPSA) is 106 Å². The van der Waals surface area contributed by atoms with Crippen LogP contribution in [0.1, 0.15) is 44.0 Å². The van der Waals surface area contributed by atoms with Crippen LogP contribution in [0.3, 0.4) is 0 Å². The summed E-state index contributed by atoms with van der Waals surface area (Å²) in [5, 5.41) is 3.97. The highest BCUT2D eigenvalue weighted by atomic mass is 19.2. The fourth-order valence-corrected chi connectivity index (χ4v) is 5.06. The van der Waals surface area contributed by atoms with Gasteiger partial charge in [0.25, 0.3) is 0 Å². The van der Waals surface area contributed by atoms with Crippen LogP contribution in [-0.2, 0) is 6.42 Å². The van der Waals surface area contributed by atoms with Gasteiger partial charge in [0.05, 0.1) is 18.5 Å². The van der Waals surface area contributed by atoms with Gasteiger partial charge >= 0.3 is 6.01 Å². The average Bonchev–Trinajstić information content (AvgIpc) is 3.54. The Morgan fingerprint density at radius 2 is 1.76 bits per heavy atom. The number of hydrogen-bond acceptors (Lipinski definition) is 9. The van der Waals surface area contributed by atoms with E-state index < -0.39 is 29.4 Å². The van der Waals surface area contributed by atoms with Crippen molar-refractivity contribution in [2.75, 3.05) is 36.0 Å². The molecule has 9 nitrogen and oxygen atoms in total. The van der Waals surface area contributed by atoms with Crippen LogP contribution in [0.2, 0.25) is 0 Å². The van der Waals surface area contributed by atoms with Gasteiger partial charge in [0, 0.05) is 50.6 Å². The first-order valence-corrected chi connectivity index (χ1v) is 12.5. The lowest BCUT2D eigenvalue weighted by Gasteiger charge is -2.33. The number of halogens is 3. The summed E-state index contributed by atoms with van der Waals surface area (Å²) in [6.07, 6.45) is 5.77. The van der Waals surface area contributed by atoms with Crippen LogP contribution in [0.4, 0.5) is 25.1 Å². The van der Waals surface area contributed by atoms with Gasteiger partial charge in [0.2, 0.25) is 5.95 Å². The predicted molar refractivity (Wildman–Crippen MR) is 130 cm³/mol. The van der Waals surface area contributed by atoms with Crippen molar-refractivity contribution in [3.8, 4) is 5.75 Å². The van der Waals surface area contributed by atoms with Gasteiger partial charge in [-0.3, -0.25) is 0 Å². The number of aryl methyl sites for hydroxylation is 1. The monoisotopic (exact) mass is 517 g/mol. The third kappa shape index (κ3) is 5.34. The third-order valence-electron chi connectivity index (χ3n) is 7.27. The molecule has 3 atom stereocenters. The summed E-state index contributed by atoms with van der Waals surface area (Å²) in [6, 6.07) is 1.53. The van der Waals surface area contributed by atoms with Crippen molar-refractivity contribution >= 4 is 12.0 Å². The number of ether oxygens (including phenoxy) is 1. The molecule has 2 fully saturated rings. The molecule has 2 aliphatic rings. The number of anilines is 2. The van der Waals surface area contributed by atoms with E-state index in [-0.39, 0.29) is 18.2 Å². The normalized spacial score (nSPS) is 21.5. The van der Waals surface area contributed by atoms with Gasteiger partial charge in [-0.15, -0.1) is 0 Å². The summed E-state index contributed by atoms with van der Waals surface area (Å²) >= 11 is 0. The third-order valence-corrected chi connectivity index (χ3v) is 7.27. The van der Waals surface area contributed by atoms with E-state index in [2.05, 4.69) is 25.0 Å². The van der Waals surface area contributed by atoms with Gasteiger partial charge in [-0.05, 0) is 37.3 Å². The maximum atomic E-state index is 14.3. The van der Waals surface area contributed by atoms with Crippen molar-refractivity contribution in [2.45, 2.75) is 51.2 Å². The molecule has 0 bridgehead atoms. The lowest BCUT2D eigenvalue weighted by atomic mass is 9.92. The summed E-state index contributed by atoms with van der Waals surface area (Å²) in [7, 11) is 0. The molecular formula is C25H30F3N7O2. The molecule has 3 unspecified atom stereocenters. The number of rotatable bonds is 7. The number of nitrogens with two attached hydrogens (primary N) is 1. The molecule has 0 radical (unpaired) electrons. The Balaban J connectivity index is 1.16. The minimum Gasteiger partial charge on any atom is -0.487 e. The zero-order valence-corrected chi connectivity index (χ0v) is 20.8. The Labute approximate surface area is 212 Å². The zero-order chi connectivity index (χ0) is 26.1. The van der Waals surface area contributed by atoms with Crippen LogP contribution in [0.15, 0.2) is 29.0 Å². The Bertz CT molecular complexity index is 1220. The second-order valence-corrected chi connectivity index (χ2v) is 9.68. The van der Waals surface area contributed by atoms with Gasteiger partial charge in [0.1, 0.15) is 5.82 Å². The molecule has 37 heavy (non-hydrogen) atoms. The van der Waals surface area contributed by atoms with Gasteiger partial charge in [0.15, 0.2) is 23.2 Å². The van der Waals surface area contributed by atoms with E-state index in [1.165, 1.54) is 0 Å². The van der Waals surface area contributed by atoms with Crippen molar-refractivity contribution in [3.05, 3.63) is 53.4 Å². The van der Waals surface area contributed by atoms with Crippen LogP contribution in [0, 0.1) is 23.4 Å². The highest BCUT2D eigenvalue weighted by Crippen LogP contribution is 2.32. The minimum absolute atomic E-state index is 0.0357. The van der Waals surface area contributed by atoms with Crippen LogP contribution in [-0.4, -0.2) is 58.4 Å².